The molecule has 1 aromatic heterocycles. The van der Waals surface area contributed by atoms with Crippen molar-refractivity contribution in [1.29, 1.82) is 0 Å². The molecule has 1 aliphatic rings. The molecule has 0 saturated heterocycles. The molecule has 0 spiro atoms. The molecule has 104 valence electrons. The third kappa shape index (κ3) is 1.96. The number of imidazole rings is 1. The molecule has 5 heteroatoms. The van der Waals surface area contributed by atoms with Gasteiger partial charge in [-0.25, -0.2) is 4.98 Å². The van der Waals surface area contributed by atoms with Gasteiger partial charge in [-0.2, -0.15) is 0 Å². The van der Waals surface area contributed by atoms with Crippen LogP contribution in [0, 0.1) is 0 Å². The van der Waals surface area contributed by atoms with Gasteiger partial charge in [0.2, 0.25) is 0 Å². The molecule has 0 unspecified atom stereocenters. The third-order valence-electron chi connectivity index (χ3n) is 3.73. The van der Waals surface area contributed by atoms with Gasteiger partial charge in [-0.1, -0.05) is 34.1 Å². The van der Waals surface area contributed by atoms with Gasteiger partial charge in [-0.15, -0.1) is 0 Å². The van der Waals surface area contributed by atoms with Gasteiger partial charge < -0.3 is 9.88 Å². The predicted molar refractivity (Wildman–Crippen MR) is 85.2 cm³/mol. The Balaban J connectivity index is 2.02. The summed E-state index contributed by atoms with van der Waals surface area (Å²) in [6.07, 6.45) is 0. The van der Waals surface area contributed by atoms with E-state index < -0.39 is 0 Å². The second-order valence-corrected chi connectivity index (χ2v) is 5.94. The largest absolute Gasteiger partial charge is 0.350 e. The molecular weight excluding hydrogens is 330 g/mol. The predicted octanol–water partition coefficient (Wildman–Crippen LogP) is 3.21. The van der Waals surface area contributed by atoms with Crippen molar-refractivity contribution in [2.75, 3.05) is 6.54 Å². The molecule has 2 heterocycles. The number of benzene rings is 2. The summed E-state index contributed by atoms with van der Waals surface area (Å²) in [6, 6.07) is 13.8. The van der Waals surface area contributed by atoms with E-state index in [1.807, 2.05) is 42.5 Å². The van der Waals surface area contributed by atoms with Crippen LogP contribution in [-0.4, -0.2) is 22.0 Å². The summed E-state index contributed by atoms with van der Waals surface area (Å²) in [5.41, 5.74) is 3.53. The number of amides is 1. The van der Waals surface area contributed by atoms with Crippen LogP contribution in [0.5, 0.6) is 0 Å². The number of hydrogen-bond acceptors (Lipinski definition) is 2. The van der Waals surface area contributed by atoms with Gasteiger partial charge in [0, 0.05) is 23.1 Å². The van der Waals surface area contributed by atoms with Crippen molar-refractivity contribution in [3.8, 4) is 11.4 Å². The summed E-state index contributed by atoms with van der Waals surface area (Å²) in [4.78, 5) is 16.9. The van der Waals surface area contributed by atoms with Crippen molar-refractivity contribution in [3.63, 3.8) is 0 Å². The summed E-state index contributed by atoms with van der Waals surface area (Å²) in [5, 5.41) is 2.93. The third-order valence-corrected chi connectivity index (χ3v) is 4.26. The summed E-state index contributed by atoms with van der Waals surface area (Å²) >= 11 is 3.45. The van der Waals surface area contributed by atoms with Crippen molar-refractivity contribution < 1.29 is 4.79 Å². The van der Waals surface area contributed by atoms with E-state index >= 15 is 0 Å². The maximum absolute atomic E-state index is 12.1. The fourth-order valence-corrected chi connectivity index (χ4v) is 3.05. The van der Waals surface area contributed by atoms with E-state index in [1.165, 1.54) is 0 Å². The van der Waals surface area contributed by atoms with Crippen molar-refractivity contribution in [1.82, 2.24) is 14.9 Å². The van der Waals surface area contributed by atoms with Crippen molar-refractivity contribution in [2.45, 2.75) is 6.54 Å². The summed E-state index contributed by atoms with van der Waals surface area (Å²) in [5.74, 6) is 0.878. The number of hydrogen-bond donors (Lipinski definition) is 1. The molecule has 2 aromatic carbocycles. The molecule has 21 heavy (non-hydrogen) atoms. The fourth-order valence-electron chi connectivity index (χ4n) is 2.78. The molecule has 4 rings (SSSR count). The van der Waals surface area contributed by atoms with Gasteiger partial charge in [0.1, 0.15) is 5.82 Å². The van der Waals surface area contributed by atoms with E-state index in [4.69, 9.17) is 4.98 Å². The zero-order valence-electron chi connectivity index (χ0n) is 11.1. The molecule has 1 N–H and O–H groups in total. The van der Waals surface area contributed by atoms with Crippen molar-refractivity contribution >= 4 is 32.9 Å². The zero-order chi connectivity index (χ0) is 14.4. The van der Waals surface area contributed by atoms with Crippen LogP contribution in [0.1, 0.15) is 10.4 Å². The highest BCUT2D eigenvalue weighted by Crippen LogP contribution is 2.28. The Kier molecular flexibility index (Phi) is 2.82. The van der Waals surface area contributed by atoms with Gasteiger partial charge >= 0.3 is 0 Å². The Morgan fingerprint density at radius 1 is 1.14 bits per heavy atom. The lowest BCUT2D eigenvalue weighted by molar-refractivity contribution is 0.0956. The highest BCUT2D eigenvalue weighted by Gasteiger charge is 2.21. The molecule has 0 atom stereocenters. The lowest BCUT2D eigenvalue weighted by atomic mass is 10.1. The molecule has 0 radical (unpaired) electrons. The van der Waals surface area contributed by atoms with Crippen LogP contribution in [0.3, 0.4) is 0 Å². The molecule has 1 amide bonds. The lowest BCUT2D eigenvalue weighted by Gasteiger charge is -2.07. The first-order chi connectivity index (χ1) is 10.2. The second kappa shape index (κ2) is 4.70. The summed E-state index contributed by atoms with van der Waals surface area (Å²) < 4.78 is 3.17. The highest BCUT2D eigenvalue weighted by atomic mass is 79.9. The molecule has 0 aliphatic carbocycles. The molecule has 0 saturated carbocycles. The Bertz CT molecular complexity index is 852. The molecule has 3 aromatic rings. The Morgan fingerprint density at radius 2 is 1.95 bits per heavy atom. The number of aromatic nitrogens is 2. The van der Waals surface area contributed by atoms with Crippen molar-refractivity contribution in [3.05, 3.63) is 52.5 Å². The van der Waals surface area contributed by atoms with Crippen LogP contribution in [-0.2, 0) is 6.54 Å². The number of nitrogens with zero attached hydrogens (tertiary/aromatic N) is 2. The number of para-hydroxylation sites is 1. The topological polar surface area (TPSA) is 46.9 Å². The average Bonchev–Trinajstić information content (AvgIpc) is 2.77. The average molecular weight is 342 g/mol. The summed E-state index contributed by atoms with van der Waals surface area (Å²) in [7, 11) is 0. The maximum atomic E-state index is 12.1. The molecular formula is C16H12BrN3O. The molecule has 0 bridgehead atoms. The van der Waals surface area contributed by atoms with Gasteiger partial charge in [0.15, 0.2) is 0 Å². The number of carbonyl (C=O) groups is 1. The minimum absolute atomic E-state index is 0.0263. The van der Waals surface area contributed by atoms with E-state index in [-0.39, 0.29) is 5.91 Å². The van der Waals surface area contributed by atoms with Crippen LogP contribution in [0.15, 0.2) is 46.9 Å². The monoisotopic (exact) mass is 341 g/mol. The smallest absolute Gasteiger partial charge is 0.253 e. The minimum atomic E-state index is -0.0263. The number of carbonyl (C=O) groups excluding carboxylic acids is 1. The molecule has 1 aliphatic heterocycles. The van der Waals surface area contributed by atoms with Crippen LogP contribution in [0.4, 0.5) is 0 Å². The SMILES string of the molecule is O=C1NCCn2c(-c3ccc(Br)cc3)nc3cccc1c32. The van der Waals surface area contributed by atoms with Crippen LogP contribution in [0.25, 0.3) is 22.4 Å². The first kappa shape index (κ1) is 12.6. The normalized spacial score (nSPS) is 14.0. The standard InChI is InChI=1S/C16H12BrN3O/c17-11-6-4-10(5-7-11)15-19-13-3-1-2-12-14(13)20(15)9-8-18-16(12)21/h1-7H,8-9H2,(H,18,21). The van der Waals surface area contributed by atoms with Gasteiger partial charge in [0.25, 0.3) is 5.91 Å². The van der Waals surface area contributed by atoms with Crippen LogP contribution < -0.4 is 5.32 Å². The van der Waals surface area contributed by atoms with Crippen LogP contribution >= 0.6 is 15.9 Å². The van der Waals surface area contributed by atoms with E-state index in [1.54, 1.807) is 0 Å². The maximum Gasteiger partial charge on any atom is 0.253 e. The Labute approximate surface area is 129 Å². The number of nitrogens with one attached hydrogen (secondary N) is 1. The highest BCUT2D eigenvalue weighted by molar-refractivity contribution is 9.10. The van der Waals surface area contributed by atoms with Gasteiger partial charge in [0.05, 0.1) is 16.6 Å². The molecule has 0 fully saturated rings. The first-order valence-corrected chi connectivity index (χ1v) is 7.57. The van der Waals surface area contributed by atoms with Gasteiger partial charge in [-0.3, -0.25) is 4.79 Å². The van der Waals surface area contributed by atoms with E-state index in [9.17, 15) is 4.79 Å². The number of halogens is 1. The van der Waals surface area contributed by atoms with Crippen LogP contribution in [0.2, 0.25) is 0 Å². The van der Waals surface area contributed by atoms with Crippen molar-refractivity contribution in [2.24, 2.45) is 0 Å². The van der Waals surface area contributed by atoms with E-state index in [2.05, 4.69) is 25.8 Å². The minimum Gasteiger partial charge on any atom is -0.350 e. The van der Waals surface area contributed by atoms with E-state index in [0.717, 1.165) is 33.4 Å². The quantitative estimate of drug-likeness (QED) is 0.738. The Morgan fingerprint density at radius 3 is 2.76 bits per heavy atom. The fraction of sp³-hybridized carbons (Fsp3) is 0.125. The zero-order valence-corrected chi connectivity index (χ0v) is 12.7. The molecule has 4 nitrogen and oxygen atoms in total. The van der Waals surface area contributed by atoms with Gasteiger partial charge in [-0.05, 0) is 24.3 Å². The Hall–Kier alpha value is -2.14. The summed E-state index contributed by atoms with van der Waals surface area (Å²) in [6.45, 7) is 1.34. The number of rotatable bonds is 1. The van der Waals surface area contributed by atoms with E-state index in [0.29, 0.717) is 12.1 Å². The first-order valence-electron chi connectivity index (χ1n) is 6.77. The lowest BCUT2D eigenvalue weighted by Crippen LogP contribution is -2.24. The second-order valence-electron chi connectivity index (χ2n) is 5.02.